The van der Waals surface area contributed by atoms with Gasteiger partial charge in [0.05, 0.1) is 24.5 Å². The Morgan fingerprint density at radius 2 is 2.07 bits per heavy atom. The molecule has 7 heteroatoms. The van der Waals surface area contributed by atoms with Gasteiger partial charge in [-0.3, -0.25) is 4.79 Å². The van der Waals surface area contributed by atoms with E-state index in [0.717, 1.165) is 5.75 Å². The Morgan fingerprint density at radius 1 is 1.26 bits per heavy atom. The molecule has 0 unspecified atom stereocenters. The molecule has 6 nitrogen and oxygen atoms in total. The van der Waals surface area contributed by atoms with Gasteiger partial charge in [0.15, 0.2) is 5.76 Å². The highest BCUT2D eigenvalue weighted by molar-refractivity contribution is 7.98. The van der Waals surface area contributed by atoms with Crippen LogP contribution in [0.1, 0.15) is 16.8 Å². The van der Waals surface area contributed by atoms with Crippen LogP contribution in [-0.4, -0.2) is 42.0 Å². The van der Waals surface area contributed by atoms with Crippen molar-refractivity contribution in [3.05, 3.63) is 54.3 Å². The summed E-state index contributed by atoms with van der Waals surface area (Å²) in [6.07, 6.45) is 4.00. The molecule has 1 amide bonds. The number of furan rings is 1. The Bertz CT molecular complexity index is 940. The van der Waals surface area contributed by atoms with E-state index in [-0.39, 0.29) is 5.91 Å². The summed E-state index contributed by atoms with van der Waals surface area (Å²) >= 11 is 1.60. The van der Waals surface area contributed by atoms with Crippen molar-refractivity contribution in [1.82, 2.24) is 10.3 Å². The van der Waals surface area contributed by atoms with E-state index in [2.05, 4.69) is 10.3 Å². The molecular weight excluding hydrogens is 364 g/mol. The zero-order chi connectivity index (χ0) is 19.2. The standard InChI is InChI=1S/C20H20N2O4S/c1-25-20(24)16(9-11-27-2)22-19(23)14-12-17(18-8-5-10-26-18)21-15-7-4-3-6-13(14)15/h3-8,10,12,16H,9,11H2,1-2H3,(H,22,23)/t16-/m1/s1. The number of ether oxygens (including phenoxy) is 1. The van der Waals surface area contributed by atoms with Crippen LogP contribution in [0.4, 0.5) is 0 Å². The fourth-order valence-corrected chi connectivity index (χ4v) is 3.25. The third kappa shape index (κ3) is 4.31. The lowest BCUT2D eigenvalue weighted by Crippen LogP contribution is -2.42. The van der Waals surface area contributed by atoms with Crippen LogP contribution in [0.2, 0.25) is 0 Å². The lowest BCUT2D eigenvalue weighted by atomic mass is 10.1. The molecule has 27 heavy (non-hydrogen) atoms. The molecule has 0 aliphatic heterocycles. The van der Waals surface area contributed by atoms with E-state index in [1.54, 1.807) is 36.2 Å². The van der Waals surface area contributed by atoms with Gasteiger partial charge in [-0.15, -0.1) is 0 Å². The van der Waals surface area contributed by atoms with Gasteiger partial charge in [0.1, 0.15) is 11.7 Å². The highest BCUT2D eigenvalue weighted by Crippen LogP contribution is 2.25. The van der Waals surface area contributed by atoms with E-state index in [4.69, 9.17) is 9.15 Å². The van der Waals surface area contributed by atoms with Crippen molar-refractivity contribution in [2.75, 3.05) is 19.1 Å². The largest absolute Gasteiger partial charge is 0.467 e. The van der Waals surface area contributed by atoms with E-state index in [1.165, 1.54) is 7.11 Å². The number of para-hydroxylation sites is 1. The fourth-order valence-electron chi connectivity index (χ4n) is 2.78. The topological polar surface area (TPSA) is 81.4 Å². The van der Waals surface area contributed by atoms with Gasteiger partial charge >= 0.3 is 5.97 Å². The number of rotatable bonds is 7. The number of carbonyl (C=O) groups excluding carboxylic acids is 2. The first-order chi connectivity index (χ1) is 13.1. The number of nitrogens with zero attached hydrogens (tertiary/aromatic N) is 1. The number of benzene rings is 1. The van der Waals surface area contributed by atoms with Crippen molar-refractivity contribution in [2.24, 2.45) is 0 Å². The maximum atomic E-state index is 13.0. The first-order valence-corrected chi connectivity index (χ1v) is 9.84. The van der Waals surface area contributed by atoms with Crippen molar-refractivity contribution in [1.29, 1.82) is 0 Å². The summed E-state index contributed by atoms with van der Waals surface area (Å²) in [5.74, 6) is 0.496. The van der Waals surface area contributed by atoms with Crippen molar-refractivity contribution in [3.8, 4) is 11.5 Å². The second-order valence-corrected chi connectivity index (χ2v) is 6.87. The SMILES string of the molecule is COC(=O)[C@@H](CCSC)NC(=O)c1cc(-c2ccco2)nc2ccccc12. The van der Waals surface area contributed by atoms with Crippen molar-refractivity contribution >= 4 is 34.5 Å². The third-order valence-corrected chi connectivity index (χ3v) is 4.78. The molecule has 3 rings (SSSR count). The van der Waals surface area contributed by atoms with Crippen LogP contribution >= 0.6 is 11.8 Å². The van der Waals surface area contributed by atoms with E-state index >= 15 is 0 Å². The van der Waals surface area contributed by atoms with Crippen LogP contribution in [0.25, 0.3) is 22.4 Å². The molecule has 1 aromatic carbocycles. The number of nitrogens with one attached hydrogen (secondary N) is 1. The number of pyridine rings is 1. The first-order valence-electron chi connectivity index (χ1n) is 8.45. The Balaban J connectivity index is 1.98. The number of hydrogen-bond donors (Lipinski definition) is 1. The number of thioether (sulfide) groups is 1. The minimum Gasteiger partial charge on any atom is -0.467 e. The monoisotopic (exact) mass is 384 g/mol. The van der Waals surface area contributed by atoms with Crippen molar-refractivity contribution < 1.29 is 18.7 Å². The number of methoxy groups -OCH3 is 1. The van der Waals surface area contributed by atoms with Crippen LogP contribution in [0, 0.1) is 0 Å². The number of fused-ring (bicyclic) bond motifs is 1. The predicted molar refractivity (Wildman–Crippen MR) is 106 cm³/mol. The van der Waals surface area contributed by atoms with Crippen molar-refractivity contribution in [3.63, 3.8) is 0 Å². The van der Waals surface area contributed by atoms with Crippen molar-refractivity contribution in [2.45, 2.75) is 12.5 Å². The lowest BCUT2D eigenvalue weighted by Gasteiger charge is -2.17. The zero-order valence-corrected chi connectivity index (χ0v) is 15.9. The maximum Gasteiger partial charge on any atom is 0.328 e. The van der Waals surface area contributed by atoms with Gasteiger partial charge in [-0.05, 0) is 42.7 Å². The average Bonchev–Trinajstić information content (AvgIpc) is 3.24. The molecule has 3 aromatic rings. The molecular formula is C20H20N2O4S. The second kappa shape index (κ2) is 8.73. The average molecular weight is 384 g/mol. The van der Waals surface area contributed by atoms with Gasteiger partial charge in [-0.1, -0.05) is 18.2 Å². The van der Waals surface area contributed by atoms with Crippen LogP contribution < -0.4 is 5.32 Å². The minimum atomic E-state index is -0.700. The molecule has 2 heterocycles. The van der Waals surface area contributed by atoms with E-state index in [0.29, 0.717) is 34.3 Å². The van der Waals surface area contributed by atoms with Crippen LogP contribution in [0.15, 0.2) is 53.1 Å². The normalized spacial score (nSPS) is 11.9. The van der Waals surface area contributed by atoms with Crippen LogP contribution in [-0.2, 0) is 9.53 Å². The quantitative estimate of drug-likeness (QED) is 0.628. The lowest BCUT2D eigenvalue weighted by molar-refractivity contribution is -0.142. The van der Waals surface area contributed by atoms with Crippen LogP contribution in [0.3, 0.4) is 0 Å². The van der Waals surface area contributed by atoms with Gasteiger partial charge in [-0.25, -0.2) is 9.78 Å². The van der Waals surface area contributed by atoms with Gasteiger partial charge in [0.25, 0.3) is 5.91 Å². The van der Waals surface area contributed by atoms with E-state index in [9.17, 15) is 9.59 Å². The summed E-state index contributed by atoms with van der Waals surface area (Å²) in [5.41, 5.74) is 1.67. The van der Waals surface area contributed by atoms with E-state index in [1.807, 2.05) is 30.5 Å². The summed E-state index contributed by atoms with van der Waals surface area (Å²) < 4.78 is 10.2. The Morgan fingerprint density at radius 3 is 2.78 bits per heavy atom. The van der Waals surface area contributed by atoms with Gasteiger partial charge in [-0.2, -0.15) is 11.8 Å². The third-order valence-electron chi connectivity index (χ3n) is 4.14. The number of amides is 1. The first kappa shape index (κ1) is 19.0. The number of esters is 1. The molecule has 0 aliphatic rings. The molecule has 140 valence electrons. The van der Waals surface area contributed by atoms with Crippen LogP contribution in [0.5, 0.6) is 0 Å². The Hall–Kier alpha value is -2.80. The fraction of sp³-hybridized carbons (Fsp3) is 0.250. The number of aromatic nitrogens is 1. The van der Waals surface area contributed by atoms with E-state index < -0.39 is 12.0 Å². The highest BCUT2D eigenvalue weighted by Gasteiger charge is 2.23. The predicted octanol–water partition coefficient (Wildman–Crippen LogP) is 3.52. The summed E-state index contributed by atoms with van der Waals surface area (Å²) in [7, 11) is 1.32. The van der Waals surface area contributed by atoms with Gasteiger partial charge in [0.2, 0.25) is 0 Å². The minimum absolute atomic E-state index is 0.349. The molecule has 0 fully saturated rings. The second-order valence-electron chi connectivity index (χ2n) is 5.88. The summed E-state index contributed by atoms with van der Waals surface area (Å²) in [6.45, 7) is 0. The molecule has 0 spiro atoms. The molecule has 1 N–H and O–H groups in total. The zero-order valence-electron chi connectivity index (χ0n) is 15.1. The summed E-state index contributed by atoms with van der Waals surface area (Å²) in [6, 6.07) is 11.9. The summed E-state index contributed by atoms with van der Waals surface area (Å²) in [4.78, 5) is 29.6. The number of hydrogen-bond acceptors (Lipinski definition) is 6. The van der Waals surface area contributed by atoms with Gasteiger partial charge < -0.3 is 14.5 Å². The summed E-state index contributed by atoms with van der Waals surface area (Å²) in [5, 5.41) is 3.51. The maximum absolute atomic E-state index is 13.0. The van der Waals surface area contributed by atoms with Gasteiger partial charge in [0, 0.05) is 5.39 Å². The smallest absolute Gasteiger partial charge is 0.328 e. The molecule has 0 saturated carbocycles. The Labute approximate surface area is 161 Å². The molecule has 1 atom stereocenters. The number of carbonyl (C=O) groups is 2. The Kier molecular flexibility index (Phi) is 6.13. The molecule has 0 aliphatic carbocycles. The highest BCUT2D eigenvalue weighted by atomic mass is 32.2. The molecule has 0 saturated heterocycles. The molecule has 0 radical (unpaired) electrons. The molecule has 0 bridgehead atoms. The molecule has 2 aromatic heterocycles.